The van der Waals surface area contributed by atoms with Crippen molar-refractivity contribution < 1.29 is 10.3 Å². The molecule has 10 heteroatoms. The molecule has 0 radical (unpaired) electrons. The molecule has 1 atom stereocenters. The molecule has 0 spiro atoms. The van der Waals surface area contributed by atoms with Crippen molar-refractivity contribution in [2.45, 2.75) is 17.4 Å². The van der Waals surface area contributed by atoms with Crippen molar-refractivity contribution in [1.82, 2.24) is 9.97 Å². The number of H-pyrrole nitrogens is 1. The minimum atomic E-state index is -1.50. The molecule has 28 heavy (non-hydrogen) atoms. The van der Waals surface area contributed by atoms with Gasteiger partial charge in [-0.05, 0) is 35.4 Å². The molecular weight excluding hydrogens is 445 g/mol. The Balaban J connectivity index is 0.000000640. The molecule has 1 unspecified atom stereocenters. The predicted octanol–water partition coefficient (Wildman–Crippen LogP) is 6.24. The molecule has 3 aromatic rings. The van der Waals surface area contributed by atoms with Crippen LogP contribution in [0.25, 0.3) is 0 Å². The van der Waals surface area contributed by atoms with E-state index in [9.17, 15) is 0 Å². The van der Waals surface area contributed by atoms with Gasteiger partial charge in [-0.15, -0.1) is 21.9 Å². The minimum absolute atomic E-state index is 0.177. The van der Waals surface area contributed by atoms with Crippen LogP contribution in [0.4, 0.5) is 0 Å². The fraction of sp³-hybridized carbons (Fsp3) is 0.167. The van der Waals surface area contributed by atoms with E-state index in [1.807, 2.05) is 54.4 Å². The highest BCUT2D eigenvalue weighted by Crippen LogP contribution is 2.38. The second-order valence-corrected chi connectivity index (χ2v) is 8.04. The number of nitrogens with zero attached hydrogens (tertiary/aromatic N) is 2. The number of halogens is 3. The van der Waals surface area contributed by atoms with Gasteiger partial charge in [-0.25, -0.2) is 4.98 Å². The average molecular weight is 461 g/mol. The Hall–Kier alpha value is -1.93. The quantitative estimate of drug-likeness (QED) is 0.335. The predicted molar refractivity (Wildman–Crippen MR) is 113 cm³/mol. The number of aromatic amines is 1. The van der Waals surface area contributed by atoms with Crippen LogP contribution in [-0.2, 0) is 12.2 Å². The van der Waals surface area contributed by atoms with Crippen LogP contribution in [0.1, 0.15) is 22.2 Å². The first kappa shape index (κ1) is 22.4. The molecular formula is C18H16Cl3N3O3S. The third-order valence-electron chi connectivity index (χ3n) is 3.61. The summed E-state index contributed by atoms with van der Waals surface area (Å²) in [7, 11) is 0. The molecule has 148 valence electrons. The smallest absolute Gasteiger partial charge is 0.291 e. The van der Waals surface area contributed by atoms with Crippen LogP contribution >= 0.6 is 46.6 Å². The lowest BCUT2D eigenvalue weighted by molar-refractivity contribution is -0.742. The Bertz CT molecular complexity index is 889. The zero-order chi connectivity index (χ0) is 20.5. The number of benzene rings is 2. The normalized spacial score (nSPS) is 11.4. The molecule has 3 rings (SSSR count). The Morgan fingerprint density at radius 3 is 2.36 bits per heavy atom. The fourth-order valence-electron chi connectivity index (χ4n) is 2.38. The maximum Gasteiger partial charge on any atom is 0.291 e. The zero-order valence-electron chi connectivity index (χ0n) is 14.4. The van der Waals surface area contributed by atoms with Crippen LogP contribution in [0.15, 0.2) is 54.9 Å². The standard InChI is InChI=1S/C18H15Cl3N2S.HNO3/c19-13-3-1-12(2-4-13)11-24-17(10-18-22-7-8-23-18)15-6-5-14(20)9-16(15)21;2-1(3)4/h1-9,17H,10-11H2,(H,22,23);(H,2,3,4). The zero-order valence-corrected chi connectivity index (χ0v) is 17.5. The highest BCUT2D eigenvalue weighted by molar-refractivity contribution is 7.98. The van der Waals surface area contributed by atoms with Gasteiger partial charge in [0.05, 0.1) is 0 Å². The van der Waals surface area contributed by atoms with E-state index in [4.69, 9.17) is 50.1 Å². The number of rotatable bonds is 6. The third kappa shape index (κ3) is 7.59. The molecule has 0 fully saturated rings. The Morgan fingerprint density at radius 1 is 1.14 bits per heavy atom. The Labute approximate surface area is 181 Å². The molecule has 2 aromatic carbocycles. The van der Waals surface area contributed by atoms with E-state index < -0.39 is 5.09 Å². The summed E-state index contributed by atoms with van der Waals surface area (Å²) in [6.45, 7) is 0. The molecule has 0 aliphatic heterocycles. The van der Waals surface area contributed by atoms with Gasteiger partial charge in [-0.2, -0.15) is 0 Å². The SMILES string of the molecule is Clc1ccc(CSC(Cc2ncc[nH]2)c2ccc(Cl)cc2Cl)cc1.O=[N+]([O-])O. The summed E-state index contributed by atoms with van der Waals surface area (Å²) in [6.07, 6.45) is 4.37. The molecule has 0 bridgehead atoms. The molecule has 0 saturated carbocycles. The lowest BCUT2D eigenvalue weighted by atomic mass is 10.1. The van der Waals surface area contributed by atoms with Crippen LogP contribution in [0, 0.1) is 10.1 Å². The van der Waals surface area contributed by atoms with Crippen molar-refractivity contribution >= 4 is 46.6 Å². The lowest BCUT2D eigenvalue weighted by Crippen LogP contribution is -2.02. The van der Waals surface area contributed by atoms with Gasteiger partial charge in [-0.3, -0.25) is 0 Å². The molecule has 2 N–H and O–H groups in total. The summed E-state index contributed by atoms with van der Waals surface area (Å²) in [5.41, 5.74) is 2.29. The topological polar surface area (TPSA) is 92.0 Å². The monoisotopic (exact) mass is 459 g/mol. The van der Waals surface area contributed by atoms with Gasteiger partial charge in [0.2, 0.25) is 0 Å². The van der Waals surface area contributed by atoms with E-state index in [-0.39, 0.29) is 5.25 Å². The van der Waals surface area contributed by atoms with Crippen molar-refractivity contribution in [1.29, 1.82) is 0 Å². The summed E-state index contributed by atoms with van der Waals surface area (Å²) in [4.78, 5) is 15.9. The van der Waals surface area contributed by atoms with E-state index in [0.29, 0.717) is 10.0 Å². The molecule has 0 saturated heterocycles. The van der Waals surface area contributed by atoms with Gasteiger partial charge >= 0.3 is 0 Å². The van der Waals surface area contributed by atoms with Crippen molar-refractivity contribution in [2.75, 3.05) is 0 Å². The van der Waals surface area contributed by atoms with Crippen LogP contribution < -0.4 is 0 Å². The van der Waals surface area contributed by atoms with Crippen molar-refractivity contribution in [3.8, 4) is 0 Å². The summed E-state index contributed by atoms with van der Waals surface area (Å²) in [5, 5.41) is 15.9. The third-order valence-corrected chi connectivity index (χ3v) is 5.74. The minimum Gasteiger partial charge on any atom is -0.349 e. The number of thioether (sulfide) groups is 1. The largest absolute Gasteiger partial charge is 0.349 e. The maximum atomic E-state index is 8.36. The van der Waals surface area contributed by atoms with Crippen LogP contribution in [0.5, 0.6) is 0 Å². The first-order valence-corrected chi connectivity index (χ1v) is 10.2. The number of imidazole rings is 1. The molecule has 0 amide bonds. The van der Waals surface area contributed by atoms with E-state index in [1.165, 1.54) is 5.56 Å². The van der Waals surface area contributed by atoms with E-state index in [1.54, 1.807) is 12.3 Å². The van der Waals surface area contributed by atoms with Crippen molar-refractivity contribution in [3.63, 3.8) is 0 Å². The molecule has 1 heterocycles. The number of hydrogen-bond donors (Lipinski definition) is 2. The highest BCUT2D eigenvalue weighted by Gasteiger charge is 2.18. The van der Waals surface area contributed by atoms with Gasteiger partial charge in [0.25, 0.3) is 5.09 Å². The molecule has 0 aliphatic carbocycles. The van der Waals surface area contributed by atoms with E-state index in [2.05, 4.69) is 9.97 Å². The number of aromatic nitrogens is 2. The van der Waals surface area contributed by atoms with Gasteiger partial charge in [-0.1, -0.05) is 53.0 Å². The lowest BCUT2D eigenvalue weighted by Gasteiger charge is -2.18. The summed E-state index contributed by atoms with van der Waals surface area (Å²) in [5.74, 6) is 1.80. The molecule has 6 nitrogen and oxygen atoms in total. The van der Waals surface area contributed by atoms with Gasteiger partial charge in [0, 0.05) is 44.9 Å². The first-order valence-electron chi connectivity index (χ1n) is 7.97. The summed E-state index contributed by atoms with van der Waals surface area (Å²) >= 11 is 20.2. The van der Waals surface area contributed by atoms with Crippen molar-refractivity contribution in [2.24, 2.45) is 0 Å². The van der Waals surface area contributed by atoms with Gasteiger partial charge in [0.1, 0.15) is 5.82 Å². The second-order valence-electron chi connectivity index (χ2n) is 5.57. The second kappa shape index (κ2) is 11.2. The number of nitrogens with one attached hydrogen (secondary N) is 1. The number of hydrogen-bond acceptors (Lipinski definition) is 4. The first-order chi connectivity index (χ1) is 13.3. The van der Waals surface area contributed by atoms with Crippen LogP contribution in [0.2, 0.25) is 15.1 Å². The van der Waals surface area contributed by atoms with Crippen molar-refractivity contribution in [3.05, 3.63) is 97.0 Å². The van der Waals surface area contributed by atoms with Crippen LogP contribution in [-0.4, -0.2) is 20.3 Å². The van der Waals surface area contributed by atoms with E-state index >= 15 is 0 Å². The van der Waals surface area contributed by atoms with Gasteiger partial charge < -0.3 is 10.2 Å². The Morgan fingerprint density at radius 2 is 1.79 bits per heavy atom. The molecule has 0 aliphatic rings. The maximum absolute atomic E-state index is 8.36. The average Bonchev–Trinajstić information content (AvgIpc) is 3.13. The highest BCUT2D eigenvalue weighted by atomic mass is 35.5. The summed E-state index contributed by atoms with van der Waals surface area (Å²) < 4.78 is 0. The van der Waals surface area contributed by atoms with Crippen LogP contribution in [0.3, 0.4) is 0 Å². The Kier molecular flexibility index (Phi) is 8.92. The van der Waals surface area contributed by atoms with E-state index in [0.717, 1.165) is 28.6 Å². The summed E-state index contributed by atoms with van der Waals surface area (Å²) in [6, 6.07) is 13.6. The fourth-order valence-corrected chi connectivity index (χ4v) is 4.36. The van der Waals surface area contributed by atoms with Gasteiger partial charge in [0.15, 0.2) is 0 Å². The molecule has 1 aromatic heterocycles.